The Morgan fingerprint density at radius 3 is 1.00 bits per heavy atom. The molecule has 0 fully saturated rings. The van der Waals surface area contributed by atoms with Gasteiger partial charge in [-0.2, -0.15) is 0 Å². The number of ketones is 5. The van der Waals surface area contributed by atoms with E-state index in [0.29, 0.717) is 0 Å². The molecule has 12 aromatic carbocycles. The molecule has 0 bridgehead atoms. The number of aryl methyl sites for hydroxylation is 1. The fourth-order valence-electron chi connectivity index (χ4n) is 13.8. The van der Waals surface area contributed by atoms with Gasteiger partial charge in [0.15, 0.2) is 28.9 Å². The Balaban J connectivity index is 0.000000315. The molecule has 1 aliphatic rings. The van der Waals surface area contributed by atoms with Crippen molar-refractivity contribution in [2.45, 2.75) is 95.4 Å². The summed E-state index contributed by atoms with van der Waals surface area (Å²) >= 11 is 0. The van der Waals surface area contributed by atoms with Crippen molar-refractivity contribution in [3.63, 3.8) is 0 Å². The first-order valence-electron chi connectivity index (χ1n) is 40.9. The van der Waals surface area contributed by atoms with Crippen LogP contribution in [0.5, 0.6) is 0 Å². The summed E-state index contributed by atoms with van der Waals surface area (Å²) in [6.07, 6.45) is 15.2. The first-order valence-corrected chi connectivity index (χ1v) is 40.9. The summed E-state index contributed by atoms with van der Waals surface area (Å²) < 4.78 is 0. The van der Waals surface area contributed by atoms with Crippen LogP contribution in [0.2, 0.25) is 0 Å². The zero-order valence-electron chi connectivity index (χ0n) is 75.0. The molecule has 0 amide bonds. The SMILES string of the molecule is CC(=O)C=C(C)O.CC(=O)C=C(C)O.CC(=O)C=C(C)O.CC(=O)C=C(C)O.CC(=O)C=C(C)O.CC1(C)c2ccc[c-]c2-c2nccc3cccc1c23.Cc1c[c-]c(-c2nccc3ccccc23)cc1.[Ir].[Ir].[Ir].[Ir].[Ir].[c-]1cc2ccccc2cc1-c1nccc2ccccc12.[c-]1ccc2ccccc2c1-c1nccc2ccccc12.[c-]1ccccc1-c1nccc2ccccc12. The van der Waals surface area contributed by atoms with Crippen LogP contribution in [-0.2, 0) is 130 Å². The number of pyridine rings is 5. The Hall–Kier alpha value is -12.5. The first-order chi connectivity index (χ1) is 61.0. The van der Waals surface area contributed by atoms with Gasteiger partial charge in [0.05, 0.1) is 28.8 Å². The van der Waals surface area contributed by atoms with Gasteiger partial charge in [0.2, 0.25) is 0 Å². The number of hydrogen-bond acceptors (Lipinski definition) is 15. The Kier molecular flexibility index (Phi) is 47.7. The third-order valence-corrected chi connectivity index (χ3v) is 19.1. The minimum absolute atomic E-state index is 0. The molecule has 5 radical (unpaired) electrons. The number of aliphatic hydroxyl groups is 5. The van der Waals surface area contributed by atoms with E-state index in [1.807, 2.05) is 134 Å². The fourth-order valence-corrected chi connectivity index (χ4v) is 13.8. The van der Waals surface area contributed by atoms with Crippen LogP contribution in [0.15, 0.2) is 369 Å². The van der Waals surface area contributed by atoms with E-state index in [0.717, 1.165) is 56.3 Å². The van der Waals surface area contributed by atoms with E-state index in [1.54, 1.807) is 0 Å². The zero-order valence-corrected chi connectivity index (χ0v) is 87.0. The first kappa shape index (κ1) is 112. The topological polar surface area (TPSA) is 251 Å². The van der Waals surface area contributed by atoms with Gasteiger partial charge in [0.1, 0.15) is 0 Å². The molecule has 0 spiro atoms. The second-order valence-corrected chi connectivity index (χ2v) is 30.1. The van der Waals surface area contributed by atoms with Gasteiger partial charge in [-0.25, -0.2) is 0 Å². The molecule has 0 unspecified atom stereocenters. The van der Waals surface area contributed by atoms with E-state index in [2.05, 4.69) is 252 Å². The normalized spacial score (nSPS) is 11.2. The van der Waals surface area contributed by atoms with Crippen LogP contribution in [0.3, 0.4) is 0 Å². The van der Waals surface area contributed by atoms with Crippen LogP contribution in [0, 0.1) is 37.3 Å². The summed E-state index contributed by atoms with van der Waals surface area (Å²) in [5.41, 5.74) is 14.3. The van der Waals surface area contributed by atoms with Crippen molar-refractivity contribution < 1.29 is 150 Å². The Morgan fingerprint density at radius 1 is 0.273 bits per heavy atom. The molecule has 0 saturated heterocycles. The van der Waals surface area contributed by atoms with Crippen LogP contribution in [0.1, 0.15) is 99.8 Å². The van der Waals surface area contributed by atoms with Gasteiger partial charge in [0.25, 0.3) is 0 Å². The van der Waals surface area contributed by atoms with Crippen LogP contribution < -0.4 is 0 Å². The molecule has 18 rings (SSSR count). The van der Waals surface area contributed by atoms with Gasteiger partial charge < -0.3 is 50.5 Å². The smallest absolute Gasteiger partial charge is 0.155 e. The van der Waals surface area contributed by atoms with E-state index in [1.165, 1.54) is 192 Å². The molecule has 5 aromatic heterocycles. The van der Waals surface area contributed by atoms with E-state index in [4.69, 9.17) is 25.5 Å². The monoisotopic (exact) mass is 2640 g/mol. The van der Waals surface area contributed by atoms with Crippen molar-refractivity contribution in [3.05, 3.63) is 416 Å². The van der Waals surface area contributed by atoms with Gasteiger partial charge in [-0.1, -0.05) is 195 Å². The average molecular weight is 2640 g/mol. The van der Waals surface area contributed by atoms with E-state index in [9.17, 15) is 24.0 Å². The van der Waals surface area contributed by atoms with Gasteiger partial charge in [-0.15, -0.1) is 165 Å². The van der Waals surface area contributed by atoms with E-state index < -0.39 is 0 Å². The number of carbonyl (C=O) groups is 5. The molecule has 132 heavy (non-hydrogen) atoms. The quantitative estimate of drug-likeness (QED) is 0.0512. The molecule has 17 aromatic rings. The number of allylic oxidation sites excluding steroid dienone is 10. The van der Waals surface area contributed by atoms with Crippen molar-refractivity contribution in [2.24, 2.45) is 0 Å². The van der Waals surface area contributed by atoms with Crippen molar-refractivity contribution >= 4 is 104 Å². The van der Waals surface area contributed by atoms with E-state index in [-0.39, 0.29) is 164 Å². The van der Waals surface area contributed by atoms with Crippen LogP contribution >= 0.6 is 0 Å². The van der Waals surface area contributed by atoms with Crippen LogP contribution in [0.4, 0.5) is 0 Å². The van der Waals surface area contributed by atoms with Crippen molar-refractivity contribution in [1.29, 1.82) is 0 Å². The molecule has 15 nitrogen and oxygen atoms in total. The van der Waals surface area contributed by atoms with Crippen LogP contribution in [0.25, 0.3) is 132 Å². The molecule has 0 aliphatic heterocycles. The number of benzene rings is 12. The second-order valence-electron chi connectivity index (χ2n) is 30.1. The number of fused-ring (bicyclic) bond motifs is 8. The molecule has 20 heteroatoms. The van der Waals surface area contributed by atoms with Crippen molar-refractivity contribution in [3.8, 4) is 56.3 Å². The number of aliphatic hydroxyl groups excluding tert-OH is 5. The molecular weight excluding hydrogens is 2540 g/mol. The van der Waals surface area contributed by atoms with Crippen molar-refractivity contribution in [1.82, 2.24) is 24.9 Å². The Morgan fingerprint density at radius 2 is 0.598 bits per heavy atom. The molecule has 1 aliphatic carbocycles. The summed E-state index contributed by atoms with van der Waals surface area (Å²) in [7, 11) is 0. The summed E-state index contributed by atoms with van der Waals surface area (Å²) in [5.74, 6) is -0.312. The summed E-state index contributed by atoms with van der Waals surface area (Å²) in [6.45, 7) is 20.9. The van der Waals surface area contributed by atoms with Gasteiger partial charge in [0, 0.05) is 162 Å². The number of nitrogens with zero attached hydrogens (tertiary/aromatic N) is 5. The standard InChI is InChI=1S/2C19H12N.C18H14N.C16H12N.C15H10N.5C5H8O2.5Ir/c1-3-9-16-14(6-1)8-5-11-18(16)19-17-10-4-2-7-15(17)12-13-20-19;1-2-7-16-13-17(10-9-14(16)5-1)19-18-8-4-3-6-15(18)11-12-20-19;1-18(2)14-8-4-3-7-13(14)17-16-12(10-11-19-17)6-5-9-15(16)18;1-12-6-8-14(9-7-12)16-15-5-3-2-4-13(15)10-11-17-16;1-2-7-13(8-3-1)15-14-9-5-4-6-12(14)10-11-16-15;5*1-4(6)3-5(2)7;;;;;/h1-10,12-13H;1-9,11-13H;3-6,8-11H,1-2H3;2-8,10-11H,1H3;1-7,9-11H;5*3,6H,1-2H3;;;;;/q5*-1;;;;;;;;;;. The summed E-state index contributed by atoms with van der Waals surface area (Å²) in [4.78, 5) is 72.8. The van der Waals surface area contributed by atoms with Crippen LogP contribution in [-0.4, -0.2) is 79.4 Å². The number of rotatable bonds is 9. The maximum Gasteiger partial charge on any atom is 0.155 e. The predicted molar refractivity (Wildman–Crippen MR) is 517 cm³/mol. The molecule has 683 valence electrons. The predicted octanol–water partition coefficient (Wildman–Crippen LogP) is 26.9. The minimum Gasteiger partial charge on any atom is -0.512 e. The number of carbonyl (C=O) groups excluding carboxylic acids is 5. The molecule has 0 saturated carbocycles. The number of aromatic nitrogens is 5. The third-order valence-electron chi connectivity index (χ3n) is 19.1. The summed E-state index contributed by atoms with van der Waals surface area (Å²) in [5, 5.41) is 58.7. The average Bonchev–Trinajstić information content (AvgIpc) is 0.719. The van der Waals surface area contributed by atoms with Gasteiger partial charge in [-0.05, 0) is 193 Å². The molecule has 5 N–H and O–H groups in total. The molecule has 5 heterocycles. The largest absolute Gasteiger partial charge is 0.512 e. The Labute approximate surface area is 839 Å². The summed E-state index contributed by atoms with van der Waals surface area (Å²) in [6, 6.07) is 112. The Bertz CT molecular complexity index is 6600. The zero-order chi connectivity index (χ0) is 91.5. The minimum atomic E-state index is -0.125. The second kappa shape index (κ2) is 56.3. The molecule has 0 atom stereocenters. The van der Waals surface area contributed by atoms with Crippen molar-refractivity contribution in [2.75, 3.05) is 0 Å². The number of hydrogen-bond donors (Lipinski definition) is 5. The van der Waals surface area contributed by atoms with Gasteiger partial charge >= 0.3 is 0 Å². The van der Waals surface area contributed by atoms with Gasteiger partial charge in [-0.3, -0.25) is 24.0 Å². The van der Waals surface area contributed by atoms with E-state index >= 15 is 0 Å². The third kappa shape index (κ3) is 33.7. The maximum atomic E-state index is 10.0. The maximum absolute atomic E-state index is 10.0. The molecular formula is C112H100Ir5N5O10-5. The fraction of sp³-hybridized carbons (Fsp3) is 0.125.